The van der Waals surface area contributed by atoms with Crippen LogP contribution in [0.2, 0.25) is 0 Å². The average molecular weight is 285 g/mol. The zero-order valence-corrected chi connectivity index (χ0v) is 11.8. The first-order valence-corrected chi connectivity index (χ1v) is 8.06. The second-order valence-corrected chi connectivity index (χ2v) is 7.16. The number of ether oxygens (including phenoxy) is 1. The van der Waals surface area contributed by atoms with Crippen molar-refractivity contribution < 1.29 is 13.2 Å². The lowest BCUT2D eigenvalue weighted by Gasteiger charge is -2.27. The van der Waals surface area contributed by atoms with Crippen molar-refractivity contribution in [1.82, 2.24) is 9.97 Å². The first-order chi connectivity index (χ1) is 9.03. The molecule has 2 unspecified atom stereocenters. The van der Waals surface area contributed by atoms with Crippen LogP contribution in [0.25, 0.3) is 0 Å². The molecule has 1 aliphatic heterocycles. The second kappa shape index (κ2) is 5.83. The number of methoxy groups -OCH3 is 1. The van der Waals surface area contributed by atoms with Gasteiger partial charge in [-0.3, -0.25) is 0 Å². The van der Waals surface area contributed by atoms with Crippen molar-refractivity contribution >= 4 is 9.84 Å². The highest BCUT2D eigenvalue weighted by Crippen LogP contribution is 2.23. The van der Waals surface area contributed by atoms with E-state index in [0.29, 0.717) is 24.4 Å². The summed E-state index contributed by atoms with van der Waals surface area (Å²) in [7, 11) is -1.53. The molecule has 0 bridgehead atoms. The Morgan fingerprint density at radius 2 is 2.26 bits per heavy atom. The average Bonchev–Trinajstić information content (AvgIpc) is 2.38. The minimum Gasteiger partial charge on any atom is -0.481 e. The van der Waals surface area contributed by atoms with Gasteiger partial charge in [0.25, 0.3) is 0 Å². The van der Waals surface area contributed by atoms with E-state index in [-0.39, 0.29) is 5.75 Å². The predicted molar refractivity (Wildman–Crippen MR) is 71.7 cm³/mol. The fraction of sp³-hybridized carbons (Fsp3) is 0.667. The number of hydrogen-bond acceptors (Lipinski definition) is 6. The zero-order valence-electron chi connectivity index (χ0n) is 10.9. The largest absolute Gasteiger partial charge is 0.481 e. The summed E-state index contributed by atoms with van der Waals surface area (Å²) in [6, 6.07) is 1.26. The van der Waals surface area contributed by atoms with Crippen LogP contribution in [0.3, 0.4) is 0 Å². The van der Waals surface area contributed by atoms with Crippen LogP contribution in [-0.4, -0.2) is 42.5 Å². The predicted octanol–water partition coefficient (Wildman–Crippen LogP) is 0.322. The third-order valence-electron chi connectivity index (χ3n) is 3.46. The number of nitrogens with two attached hydrogens (primary N) is 1. The summed E-state index contributed by atoms with van der Waals surface area (Å²) in [6.45, 7) is 0. The molecule has 0 radical (unpaired) electrons. The maximum Gasteiger partial charge on any atom is 0.216 e. The maximum absolute atomic E-state index is 12.0. The van der Waals surface area contributed by atoms with Gasteiger partial charge in [0.1, 0.15) is 6.33 Å². The van der Waals surface area contributed by atoms with Crippen LogP contribution in [0, 0.1) is 0 Å². The Bertz CT molecular complexity index is 533. The van der Waals surface area contributed by atoms with E-state index in [1.54, 1.807) is 6.07 Å². The molecule has 1 aliphatic rings. The number of hydrogen-bond donors (Lipinski definition) is 1. The van der Waals surface area contributed by atoms with Gasteiger partial charge in [0.15, 0.2) is 9.84 Å². The van der Waals surface area contributed by atoms with E-state index in [0.717, 1.165) is 12.8 Å². The summed E-state index contributed by atoms with van der Waals surface area (Å²) in [6.07, 6.45) is 4.13. The van der Waals surface area contributed by atoms with Crippen LogP contribution < -0.4 is 10.5 Å². The summed E-state index contributed by atoms with van der Waals surface area (Å²) in [5, 5.41) is -0.456. The minimum absolute atomic E-state index is 0.248. The molecule has 106 valence electrons. The molecule has 2 N–H and O–H groups in total. The normalized spacial score (nSPS) is 23.8. The third kappa shape index (κ3) is 3.42. The molecule has 0 spiro atoms. The van der Waals surface area contributed by atoms with Crippen LogP contribution in [0.4, 0.5) is 0 Å². The van der Waals surface area contributed by atoms with Gasteiger partial charge in [-0.15, -0.1) is 0 Å². The Morgan fingerprint density at radius 3 is 2.95 bits per heavy atom. The number of nitrogens with zero attached hydrogens (tertiary/aromatic N) is 2. The fourth-order valence-electron chi connectivity index (χ4n) is 2.43. The fourth-order valence-corrected chi connectivity index (χ4v) is 4.50. The summed E-state index contributed by atoms with van der Waals surface area (Å²) in [5.74, 6) is 0.710. The van der Waals surface area contributed by atoms with Crippen molar-refractivity contribution in [2.75, 3.05) is 12.9 Å². The molecule has 2 rings (SSSR count). The molecule has 0 saturated carbocycles. The van der Waals surface area contributed by atoms with E-state index in [4.69, 9.17) is 10.5 Å². The standard InChI is InChI=1S/C12H19N3O3S/c1-18-12-7-9(14-8-15-12)6-10(13)11-4-2-3-5-19(11,16)17/h7-8,10-11H,2-6,13H2,1H3. The lowest BCUT2D eigenvalue weighted by atomic mass is 10.0. The highest BCUT2D eigenvalue weighted by molar-refractivity contribution is 7.92. The van der Waals surface area contributed by atoms with E-state index in [2.05, 4.69) is 9.97 Å². The SMILES string of the molecule is COc1cc(CC(N)C2CCCCS2(=O)=O)ncn1. The molecular formula is C12H19N3O3S. The van der Waals surface area contributed by atoms with Crippen molar-refractivity contribution in [3.05, 3.63) is 18.1 Å². The van der Waals surface area contributed by atoms with Gasteiger partial charge in [0, 0.05) is 24.2 Å². The highest BCUT2D eigenvalue weighted by Gasteiger charge is 2.33. The maximum atomic E-state index is 12.0. The van der Waals surface area contributed by atoms with Gasteiger partial charge in [-0.1, -0.05) is 6.42 Å². The molecule has 2 atom stereocenters. The van der Waals surface area contributed by atoms with Crippen molar-refractivity contribution in [3.8, 4) is 5.88 Å². The Hall–Kier alpha value is -1.21. The van der Waals surface area contributed by atoms with E-state index >= 15 is 0 Å². The van der Waals surface area contributed by atoms with Crippen LogP contribution in [0.1, 0.15) is 25.0 Å². The lowest BCUT2D eigenvalue weighted by Crippen LogP contribution is -2.45. The van der Waals surface area contributed by atoms with Gasteiger partial charge in [0.05, 0.1) is 18.1 Å². The summed E-state index contributed by atoms with van der Waals surface area (Å²) in [4.78, 5) is 8.02. The first kappa shape index (κ1) is 14.2. The molecule has 7 heteroatoms. The molecular weight excluding hydrogens is 266 g/mol. The topological polar surface area (TPSA) is 95.2 Å². The smallest absolute Gasteiger partial charge is 0.216 e. The molecule has 1 aromatic rings. The number of rotatable bonds is 4. The van der Waals surface area contributed by atoms with Crippen LogP contribution in [-0.2, 0) is 16.3 Å². The van der Waals surface area contributed by atoms with Gasteiger partial charge in [0.2, 0.25) is 5.88 Å². The van der Waals surface area contributed by atoms with E-state index in [1.807, 2.05) is 0 Å². The van der Waals surface area contributed by atoms with Crippen LogP contribution in [0.5, 0.6) is 5.88 Å². The summed E-state index contributed by atoms with van der Waals surface area (Å²) >= 11 is 0. The Labute approximate surface area is 113 Å². The van der Waals surface area contributed by atoms with E-state index in [9.17, 15) is 8.42 Å². The minimum atomic E-state index is -3.06. The third-order valence-corrected chi connectivity index (χ3v) is 5.82. The molecule has 0 aromatic carbocycles. The second-order valence-electron chi connectivity index (χ2n) is 4.82. The first-order valence-electron chi connectivity index (χ1n) is 6.35. The van der Waals surface area contributed by atoms with Crippen molar-refractivity contribution in [3.63, 3.8) is 0 Å². The van der Waals surface area contributed by atoms with Gasteiger partial charge >= 0.3 is 0 Å². The highest BCUT2D eigenvalue weighted by atomic mass is 32.2. The van der Waals surface area contributed by atoms with E-state index < -0.39 is 21.1 Å². The lowest BCUT2D eigenvalue weighted by molar-refractivity contribution is 0.395. The molecule has 1 aromatic heterocycles. The van der Waals surface area contributed by atoms with Crippen LogP contribution >= 0.6 is 0 Å². The molecule has 0 amide bonds. The Kier molecular flexibility index (Phi) is 4.36. The molecule has 2 heterocycles. The van der Waals surface area contributed by atoms with Crippen LogP contribution in [0.15, 0.2) is 12.4 Å². The van der Waals surface area contributed by atoms with Gasteiger partial charge in [-0.25, -0.2) is 18.4 Å². The zero-order chi connectivity index (χ0) is 13.9. The van der Waals surface area contributed by atoms with E-state index in [1.165, 1.54) is 13.4 Å². The molecule has 0 aliphatic carbocycles. The monoisotopic (exact) mass is 285 g/mol. The molecule has 1 saturated heterocycles. The molecule has 1 fully saturated rings. The van der Waals surface area contributed by atoms with Crippen molar-refractivity contribution in [1.29, 1.82) is 0 Å². The quantitative estimate of drug-likeness (QED) is 0.856. The number of aromatic nitrogens is 2. The van der Waals surface area contributed by atoms with Crippen molar-refractivity contribution in [2.24, 2.45) is 5.73 Å². The number of sulfone groups is 1. The molecule has 19 heavy (non-hydrogen) atoms. The van der Waals surface area contributed by atoms with Crippen molar-refractivity contribution in [2.45, 2.75) is 37.0 Å². The van der Waals surface area contributed by atoms with Gasteiger partial charge in [-0.05, 0) is 12.8 Å². The summed E-state index contributed by atoms with van der Waals surface area (Å²) < 4.78 is 29.0. The van der Waals surface area contributed by atoms with Gasteiger partial charge < -0.3 is 10.5 Å². The summed E-state index contributed by atoms with van der Waals surface area (Å²) in [5.41, 5.74) is 6.78. The van der Waals surface area contributed by atoms with Gasteiger partial charge in [-0.2, -0.15) is 0 Å². The Balaban J connectivity index is 2.09. The Morgan fingerprint density at radius 1 is 1.47 bits per heavy atom. The molecule has 6 nitrogen and oxygen atoms in total.